The van der Waals surface area contributed by atoms with E-state index in [0.29, 0.717) is 11.3 Å². The summed E-state index contributed by atoms with van der Waals surface area (Å²) in [6.07, 6.45) is 1.58. The first-order valence-electron chi connectivity index (χ1n) is 5.63. The van der Waals surface area contributed by atoms with Crippen molar-refractivity contribution < 1.29 is 19.0 Å². The highest BCUT2D eigenvalue weighted by Crippen LogP contribution is 2.14. The predicted molar refractivity (Wildman–Crippen MR) is 66.7 cm³/mol. The number of halogens is 1. The lowest BCUT2D eigenvalue weighted by molar-refractivity contribution is 0.0691. The zero-order chi connectivity index (χ0) is 13.8. The van der Waals surface area contributed by atoms with Crippen LogP contribution < -0.4 is 4.74 Å². The number of aromatic carboxylic acids is 1. The first-order valence-corrected chi connectivity index (χ1v) is 5.63. The van der Waals surface area contributed by atoms with Crippen molar-refractivity contribution in [2.75, 3.05) is 0 Å². The van der Waals surface area contributed by atoms with Crippen LogP contribution in [0, 0.1) is 12.7 Å². The molecule has 0 spiro atoms. The standard InChI is InChI=1S/C14H12FNO3/c1-9-2-4-11(7-16-9)19-8-10-3-5-13(15)12(6-10)14(17)18/h2-7H,8H2,1H3,(H,17,18). The molecule has 98 valence electrons. The highest BCUT2D eigenvalue weighted by atomic mass is 19.1. The fraction of sp³-hybridized carbons (Fsp3) is 0.143. The summed E-state index contributed by atoms with van der Waals surface area (Å²) in [5.41, 5.74) is 1.10. The summed E-state index contributed by atoms with van der Waals surface area (Å²) >= 11 is 0. The fourth-order valence-corrected chi connectivity index (χ4v) is 1.53. The second kappa shape index (κ2) is 5.48. The van der Waals surface area contributed by atoms with Gasteiger partial charge in [-0.2, -0.15) is 0 Å². The molecule has 2 aromatic rings. The molecule has 0 radical (unpaired) electrons. The van der Waals surface area contributed by atoms with E-state index in [4.69, 9.17) is 9.84 Å². The molecule has 1 N–H and O–H groups in total. The zero-order valence-corrected chi connectivity index (χ0v) is 10.3. The minimum Gasteiger partial charge on any atom is -0.487 e. The molecule has 4 nitrogen and oxygen atoms in total. The van der Waals surface area contributed by atoms with Crippen LogP contribution in [-0.2, 0) is 6.61 Å². The number of carboxylic acid groups (broad SMARTS) is 1. The molecule has 0 aliphatic carbocycles. The molecule has 0 unspecified atom stereocenters. The van der Waals surface area contributed by atoms with E-state index in [9.17, 15) is 9.18 Å². The molecule has 0 aliphatic heterocycles. The van der Waals surface area contributed by atoms with Gasteiger partial charge in [-0.05, 0) is 36.8 Å². The van der Waals surface area contributed by atoms with Crippen LogP contribution in [-0.4, -0.2) is 16.1 Å². The zero-order valence-electron chi connectivity index (χ0n) is 10.3. The van der Waals surface area contributed by atoms with E-state index in [1.54, 1.807) is 12.3 Å². The number of carboxylic acids is 1. The highest BCUT2D eigenvalue weighted by molar-refractivity contribution is 5.88. The molecular weight excluding hydrogens is 249 g/mol. The maximum Gasteiger partial charge on any atom is 0.338 e. The Morgan fingerprint density at radius 1 is 1.37 bits per heavy atom. The Hall–Kier alpha value is -2.43. The Morgan fingerprint density at radius 3 is 2.79 bits per heavy atom. The summed E-state index contributed by atoms with van der Waals surface area (Å²) in [6.45, 7) is 2.02. The van der Waals surface area contributed by atoms with Crippen molar-refractivity contribution in [3.05, 3.63) is 59.2 Å². The van der Waals surface area contributed by atoms with Gasteiger partial charge >= 0.3 is 5.97 Å². The van der Waals surface area contributed by atoms with E-state index in [0.717, 1.165) is 11.8 Å². The number of aromatic nitrogens is 1. The van der Waals surface area contributed by atoms with Gasteiger partial charge in [-0.25, -0.2) is 9.18 Å². The number of hydrogen-bond acceptors (Lipinski definition) is 3. The molecule has 19 heavy (non-hydrogen) atoms. The minimum atomic E-state index is -1.30. The number of rotatable bonds is 4. The highest BCUT2D eigenvalue weighted by Gasteiger charge is 2.10. The van der Waals surface area contributed by atoms with Crippen LogP contribution >= 0.6 is 0 Å². The van der Waals surface area contributed by atoms with Crippen molar-refractivity contribution >= 4 is 5.97 Å². The van der Waals surface area contributed by atoms with Gasteiger partial charge in [0.2, 0.25) is 0 Å². The quantitative estimate of drug-likeness (QED) is 0.919. The van der Waals surface area contributed by atoms with Crippen LogP contribution in [0.2, 0.25) is 0 Å². The number of ether oxygens (including phenoxy) is 1. The molecule has 0 amide bonds. The number of benzene rings is 1. The molecular formula is C14H12FNO3. The summed E-state index contributed by atoms with van der Waals surface area (Å²) in [5.74, 6) is -1.48. The van der Waals surface area contributed by atoms with Crippen molar-refractivity contribution in [3.8, 4) is 5.75 Å². The summed E-state index contributed by atoms with van der Waals surface area (Å²) in [6, 6.07) is 7.45. The van der Waals surface area contributed by atoms with Crippen molar-refractivity contribution in [1.82, 2.24) is 4.98 Å². The van der Waals surface area contributed by atoms with Crippen molar-refractivity contribution in [3.63, 3.8) is 0 Å². The van der Waals surface area contributed by atoms with Crippen molar-refractivity contribution in [1.29, 1.82) is 0 Å². The van der Waals surface area contributed by atoms with Gasteiger partial charge in [-0.1, -0.05) is 6.07 Å². The van der Waals surface area contributed by atoms with Gasteiger partial charge in [0.25, 0.3) is 0 Å². The normalized spacial score (nSPS) is 10.2. The Bertz CT molecular complexity index is 596. The van der Waals surface area contributed by atoms with Crippen LogP contribution in [0.25, 0.3) is 0 Å². The summed E-state index contributed by atoms with van der Waals surface area (Å²) in [4.78, 5) is 14.9. The summed E-state index contributed by atoms with van der Waals surface area (Å²) in [5, 5.41) is 8.82. The van der Waals surface area contributed by atoms with Crippen LogP contribution in [0.15, 0.2) is 36.5 Å². The predicted octanol–water partition coefficient (Wildman–Crippen LogP) is 2.81. The first-order chi connectivity index (χ1) is 9.06. The van der Waals surface area contributed by atoms with Gasteiger partial charge in [0.15, 0.2) is 0 Å². The van der Waals surface area contributed by atoms with Gasteiger partial charge in [0, 0.05) is 5.69 Å². The molecule has 5 heteroatoms. The fourth-order valence-electron chi connectivity index (χ4n) is 1.53. The molecule has 1 aromatic carbocycles. The van der Waals surface area contributed by atoms with E-state index in [-0.39, 0.29) is 12.2 Å². The average molecular weight is 261 g/mol. The number of nitrogens with zero attached hydrogens (tertiary/aromatic N) is 1. The Morgan fingerprint density at radius 2 is 2.16 bits per heavy atom. The van der Waals surface area contributed by atoms with Crippen molar-refractivity contribution in [2.24, 2.45) is 0 Å². The van der Waals surface area contributed by atoms with E-state index >= 15 is 0 Å². The molecule has 0 atom stereocenters. The maximum atomic E-state index is 13.2. The van der Waals surface area contributed by atoms with Gasteiger partial charge in [0.1, 0.15) is 18.2 Å². The SMILES string of the molecule is Cc1ccc(OCc2ccc(F)c(C(=O)O)c2)cn1. The number of hydrogen-bond donors (Lipinski definition) is 1. The third kappa shape index (κ3) is 3.28. The number of aryl methyl sites for hydroxylation is 1. The van der Waals surface area contributed by atoms with E-state index in [2.05, 4.69) is 4.98 Å². The third-order valence-corrected chi connectivity index (χ3v) is 2.55. The maximum absolute atomic E-state index is 13.2. The molecule has 0 fully saturated rings. The van der Waals surface area contributed by atoms with E-state index in [1.807, 2.05) is 13.0 Å². The smallest absolute Gasteiger partial charge is 0.338 e. The molecule has 0 saturated carbocycles. The van der Waals surface area contributed by atoms with Crippen LogP contribution in [0.1, 0.15) is 21.6 Å². The lowest BCUT2D eigenvalue weighted by atomic mass is 10.1. The van der Waals surface area contributed by atoms with Crippen LogP contribution in [0.3, 0.4) is 0 Å². The molecule has 2 rings (SSSR count). The van der Waals surface area contributed by atoms with E-state index < -0.39 is 11.8 Å². The Kier molecular flexibility index (Phi) is 3.75. The molecule has 0 aliphatic rings. The Labute approximate surface area is 109 Å². The summed E-state index contributed by atoms with van der Waals surface area (Å²) in [7, 11) is 0. The number of pyridine rings is 1. The minimum absolute atomic E-state index is 0.158. The monoisotopic (exact) mass is 261 g/mol. The van der Waals surface area contributed by atoms with Crippen LogP contribution in [0.4, 0.5) is 4.39 Å². The lowest BCUT2D eigenvalue weighted by Crippen LogP contribution is -2.03. The lowest BCUT2D eigenvalue weighted by Gasteiger charge is -2.07. The van der Waals surface area contributed by atoms with Gasteiger partial charge < -0.3 is 9.84 Å². The molecule has 1 aromatic heterocycles. The molecule has 0 saturated heterocycles. The van der Waals surface area contributed by atoms with E-state index in [1.165, 1.54) is 12.1 Å². The second-order valence-electron chi connectivity index (χ2n) is 4.04. The first kappa shape index (κ1) is 13.0. The molecule has 1 heterocycles. The topological polar surface area (TPSA) is 59.4 Å². The van der Waals surface area contributed by atoms with Crippen LogP contribution in [0.5, 0.6) is 5.75 Å². The summed E-state index contributed by atoms with van der Waals surface area (Å²) < 4.78 is 18.6. The van der Waals surface area contributed by atoms with Gasteiger partial charge in [-0.3, -0.25) is 4.98 Å². The second-order valence-corrected chi connectivity index (χ2v) is 4.04. The Balaban J connectivity index is 2.09. The largest absolute Gasteiger partial charge is 0.487 e. The average Bonchev–Trinajstić information content (AvgIpc) is 2.39. The molecule has 0 bridgehead atoms. The third-order valence-electron chi connectivity index (χ3n) is 2.55. The number of carbonyl (C=O) groups is 1. The van der Waals surface area contributed by atoms with Crippen molar-refractivity contribution in [2.45, 2.75) is 13.5 Å². The van der Waals surface area contributed by atoms with Gasteiger partial charge in [-0.15, -0.1) is 0 Å². The van der Waals surface area contributed by atoms with Gasteiger partial charge in [0.05, 0.1) is 11.8 Å².